The van der Waals surface area contributed by atoms with Crippen LogP contribution in [0.3, 0.4) is 0 Å². The van der Waals surface area contributed by atoms with E-state index in [1.807, 2.05) is 30.3 Å². The molecule has 1 aliphatic rings. The van der Waals surface area contributed by atoms with Crippen LogP contribution >= 0.6 is 11.3 Å². The van der Waals surface area contributed by atoms with E-state index in [0.29, 0.717) is 29.2 Å². The summed E-state index contributed by atoms with van der Waals surface area (Å²) in [5.74, 6) is 1.38. The predicted molar refractivity (Wildman–Crippen MR) is 155 cm³/mol. The zero-order valence-corrected chi connectivity index (χ0v) is 23.6. The second-order valence-corrected chi connectivity index (χ2v) is 11.1. The number of ether oxygens (including phenoxy) is 3. The Morgan fingerprint density at radius 2 is 1.52 bits per heavy atom. The molecule has 0 amide bonds. The van der Waals surface area contributed by atoms with Gasteiger partial charge in [0.15, 0.2) is 5.78 Å². The number of carbonyl (C=O) groups excluding carboxylic acids is 3. The van der Waals surface area contributed by atoms with E-state index in [9.17, 15) is 14.4 Å². The van der Waals surface area contributed by atoms with Gasteiger partial charge in [0.2, 0.25) is 0 Å². The van der Waals surface area contributed by atoms with Gasteiger partial charge < -0.3 is 14.2 Å². The van der Waals surface area contributed by atoms with Gasteiger partial charge in [-0.1, -0.05) is 6.92 Å². The largest absolute Gasteiger partial charge is 0.492 e. The lowest BCUT2D eigenvalue weighted by molar-refractivity contribution is -0.132. The van der Waals surface area contributed by atoms with Crippen molar-refractivity contribution in [3.63, 3.8) is 0 Å². The van der Waals surface area contributed by atoms with Crippen molar-refractivity contribution >= 4 is 39.1 Å². The third-order valence-corrected chi connectivity index (χ3v) is 8.03. The predicted octanol–water partition coefficient (Wildman–Crippen LogP) is 6.37. The van der Waals surface area contributed by atoms with Crippen LogP contribution in [0.25, 0.3) is 20.5 Å². The number of likely N-dealkylation sites (tertiary alicyclic amines) is 1. The van der Waals surface area contributed by atoms with Crippen LogP contribution in [0.1, 0.15) is 43.1 Å². The van der Waals surface area contributed by atoms with Gasteiger partial charge in [-0.05, 0) is 91.2 Å². The summed E-state index contributed by atoms with van der Waals surface area (Å²) in [5.41, 5.74) is 1.92. The summed E-state index contributed by atoms with van der Waals surface area (Å²) in [6.45, 7) is 8.70. The molecule has 40 heavy (non-hydrogen) atoms. The molecule has 4 aromatic rings. The quantitative estimate of drug-likeness (QED) is 0.134. The average Bonchev–Trinajstić information content (AvgIpc) is 3.51. The molecule has 5 rings (SSSR count). The molecule has 0 saturated carbocycles. The van der Waals surface area contributed by atoms with Gasteiger partial charge in [0.25, 0.3) is 0 Å². The summed E-state index contributed by atoms with van der Waals surface area (Å²) in [7, 11) is 0. The van der Waals surface area contributed by atoms with Crippen LogP contribution in [0.2, 0.25) is 0 Å². The Labute approximate surface area is 237 Å². The smallest absolute Gasteiger partial charge is 0.308 e. The number of esters is 2. The molecule has 0 aliphatic carbocycles. The first kappa shape index (κ1) is 27.6. The molecule has 0 spiro atoms. The highest BCUT2D eigenvalue weighted by Gasteiger charge is 2.23. The zero-order valence-electron chi connectivity index (χ0n) is 22.8. The SMILES string of the molecule is CC(=O)Oc1ccc(-c2sc3cc(OC(C)=O)ccc3c2C(=O)c2ccc(OCCN3CCC(C)C3)cc2)cc1. The summed E-state index contributed by atoms with van der Waals surface area (Å²) >= 11 is 1.44. The number of hydrogen-bond donors (Lipinski definition) is 0. The number of rotatable bonds is 9. The number of thiophene rings is 1. The lowest BCUT2D eigenvalue weighted by Crippen LogP contribution is -2.25. The molecule has 2 heterocycles. The van der Waals surface area contributed by atoms with Crippen LogP contribution in [0.15, 0.2) is 66.7 Å². The monoisotopic (exact) mass is 557 g/mol. The zero-order chi connectivity index (χ0) is 28.2. The summed E-state index contributed by atoms with van der Waals surface area (Å²) in [5, 5.41) is 0.769. The number of benzene rings is 3. The van der Waals surface area contributed by atoms with Crippen molar-refractivity contribution in [3.8, 4) is 27.7 Å². The average molecular weight is 558 g/mol. The van der Waals surface area contributed by atoms with E-state index in [1.165, 1.54) is 31.6 Å². The van der Waals surface area contributed by atoms with E-state index in [0.717, 1.165) is 51.8 Å². The summed E-state index contributed by atoms with van der Waals surface area (Å²) in [6.07, 6.45) is 1.23. The molecule has 0 radical (unpaired) electrons. The third kappa shape index (κ3) is 6.41. The first-order chi connectivity index (χ1) is 19.3. The molecule has 7 nitrogen and oxygen atoms in total. The molecular weight excluding hydrogens is 526 g/mol. The van der Waals surface area contributed by atoms with Crippen molar-refractivity contribution in [2.45, 2.75) is 27.2 Å². The molecule has 1 saturated heterocycles. The second kappa shape index (κ2) is 12.0. The Morgan fingerprint density at radius 1 is 0.875 bits per heavy atom. The minimum Gasteiger partial charge on any atom is -0.492 e. The number of carbonyl (C=O) groups is 3. The van der Waals surface area contributed by atoms with E-state index in [4.69, 9.17) is 14.2 Å². The van der Waals surface area contributed by atoms with Gasteiger partial charge >= 0.3 is 11.9 Å². The minimum atomic E-state index is -0.411. The fraction of sp³-hybridized carbons (Fsp3) is 0.281. The molecule has 1 aliphatic heterocycles. The maximum absolute atomic E-state index is 13.9. The standard InChI is InChI=1S/C32H31NO6S/c1-20-14-15-33(19-20)16-17-37-25-8-4-23(5-9-25)31(36)30-28-13-12-27(39-22(3)35)18-29(28)40-32(30)24-6-10-26(11-7-24)38-21(2)34/h4-13,18,20H,14-17,19H2,1-3H3. The molecule has 1 unspecified atom stereocenters. The molecular formula is C32H31NO6S. The Kier molecular flexibility index (Phi) is 8.28. The second-order valence-electron chi connectivity index (χ2n) is 10.1. The van der Waals surface area contributed by atoms with Crippen molar-refractivity contribution < 1.29 is 28.6 Å². The molecule has 1 fully saturated rings. The Hall–Kier alpha value is -4.01. The van der Waals surface area contributed by atoms with Crippen molar-refractivity contribution in [2.24, 2.45) is 5.92 Å². The number of ketones is 1. The summed E-state index contributed by atoms with van der Waals surface area (Å²) in [4.78, 5) is 39.9. The highest BCUT2D eigenvalue weighted by molar-refractivity contribution is 7.22. The van der Waals surface area contributed by atoms with Gasteiger partial charge in [-0.3, -0.25) is 19.3 Å². The highest BCUT2D eigenvalue weighted by Crippen LogP contribution is 2.41. The highest BCUT2D eigenvalue weighted by atomic mass is 32.1. The molecule has 1 aromatic heterocycles. The fourth-order valence-corrected chi connectivity index (χ4v) is 6.18. The van der Waals surface area contributed by atoms with Gasteiger partial charge in [0.05, 0.1) is 0 Å². The van der Waals surface area contributed by atoms with Gasteiger partial charge in [0.1, 0.15) is 23.9 Å². The summed E-state index contributed by atoms with van der Waals surface area (Å²) in [6, 6.07) is 19.6. The molecule has 1 atom stereocenters. The third-order valence-electron chi connectivity index (χ3n) is 6.83. The number of hydrogen-bond acceptors (Lipinski definition) is 8. The molecule has 0 N–H and O–H groups in total. The lowest BCUT2D eigenvalue weighted by Gasteiger charge is -2.15. The van der Waals surface area contributed by atoms with Crippen LogP contribution in [-0.2, 0) is 9.59 Å². The van der Waals surface area contributed by atoms with Crippen molar-refractivity contribution in [3.05, 3.63) is 77.9 Å². The van der Waals surface area contributed by atoms with Crippen molar-refractivity contribution in [2.75, 3.05) is 26.2 Å². The maximum Gasteiger partial charge on any atom is 0.308 e. The Morgan fingerprint density at radius 3 is 2.17 bits per heavy atom. The number of fused-ring (bicyclic) bond motifs is 1. The van der Waals surface area contributed by atoms with Crippen LogP contribution in [-0.4, -0.2) is 48.9 Å². The van der Waals surface area contributed by atoms with Gasteiger partial charge in [0, 0.05) is 53.0 Å². The maximum atomic E-state index is 13.9. The first-order valence-corrected chi connectivity index (χ1v) is 14.1. The first-order valence-electron chi connectivity index (χ1n) is 13.3. The van der Waals surface area contributed by atoms with Crippen molar-refractivity contribution in [1.29, 1.82) is 0 Å². The normalized spacial score (nSPS) is 15.2. The topological polar surface area (TPSA) is 82.1 Å². The van der Waals surface area contributed by atoms with E-state index in [-0.39, 0.29) is 5.78 Å². The van der Waals surface area contributed by atoms with Crippen LogP contribution in [0.4, 0.5) is 0 Å². The lowest BCUT2D eigenvalue weighted by atomic mass is 9.97. The Bertz CT molecular complexity index is 1540. The van der Waals surface area contributed by atoms with Crippen LogP contribution in [0.5, 0.6) is 17.2 Å². The van der Waals surface area contributed by atoms with Crippen LogP contribution in [0, 0.1) is 5.92 Å². The Balaban J connectivity index is 1.42. The molecule has 3 aromatic carbocycles. The van der Waals surface area contributed by atoms with E-state index in [1.54, 1.807) is 36.4 Å². The number of nitrogens with zero attached hydrogens (tertiary/aromatic N) is 1. The van der Waals surface area contributed by atoms with E-state index < -0.39 is 11.9 Å². The summed E-state index contributed by atoms with van der Waals surface area (Å²) < 4.78 is 17.2. The molecule has 0 bridgehead atoms. The van der Waals surface area contributed by atoms with E-state index in [2.05, 4.69) is 11.8 Å². The van der Waals surface area contributed by atoms with Crippen molar-refractivity contribution in [1.82, 2.24) is 4.90 Å². The van der Waals surface area contributed by atoms with Gasteiger partial charge in [-0.15, -0.1) is 11.3 Å². The fourth-order valence-electron chi connectivity index (χ4n) is 4.94. The molecule has 8 heteroatoms. The molecule has 206 valence electrons. The minimum absolute atomic E-state index is 0.122. The van der Waals surface area contributed by atoms with Gasteiger partial charge in [-0.2, -0.15) is 0 Å². The van der Waals surface area contributed by atoms with Crippen LogP contribution < -0.4 is 14.2 Å². The van der Waals surface area contributed by atoms with E-state index >= 15 is 0 Å². The van der Waals surface area contributed by atoms with Gasteiger partial charge in [-0.25, -0.2) is 0 Å².